The number of aromatic nitrogens is 5. The quantitative estimate of drug-likeness (QED) is 0.778. The SMILES string of the molecule is Cc1nnc(NCc2nc(-c3ccncc3)no2)c(C#N)c1C. The van der Waals surface area contributed by atoms with Gasteiger partial charge in [-0.15, -0.1) is 5.10 Å². The van der Waals surface area contributed by atoms with Crippen LogP contribution in [0, 0.1) is 25.2 Å². The van der Waals surface area contributed by atoms with Crippen molar-refractivity contribution in [2.75, 3.05) is 5.32 Å². The van der Waals surface area contributed by atoms with Crippen molar-refractivity contribution in [1.29, 1.82) is 5.26 Å². The highest BCUT2D eigenvalue weighted by molar-refractivity contribution is 5.56. The number of anilines is 1. The number of nitrogens with one attached hydrogen (secondary N) is 1. The third kappa shape index (κ3) is 2.98. The summed E-state index contributed by atoms with van der Waals surface area (Å²) in [7, 11) is 0. The number of pyridine rings is 1. The third-order valence-electron chi connectivity index (χ3n) is 3.38. The molecule has 0 radical (unpaired) electrons. The predicted molar refractivity (Wildman–Crippen MR) is 81.1 cm³/mol. The molecule has 3 rings (SSSR count). The van der Waals surface area contributed by atoms with Crippen molar-refractivity contribution in [2.45, 2.75) is 20.4 Å². The van der Waals surface area contributed by atoms with E-state index in [9.17, 15) is 5.26 Å². The Labute approximate surface area is 132 Å². The standard InChI is InChI=1S/C15H13N7O/c1-9-10(2)20-21-15(12(9)7-16)18-8-13-19-14(22-23-13)11-3-5-17-6-4-11/h3-6H,8H2,1-2H3,(H,18,21). The van der Waals surface area contributed by atoms with E-state index in [0.29, 0.717) is 23.1 Å². The minimum Gasteiger partial charge on any atom is -0.358 e. The van der Waals surface area contributed by atoms with Crippen molar-refractivity contribution in [3.05, 3.63) is 47.2 Å². The lowest BCUT2D eigenvalue weighted by Gasteiger charge is -2.07. The van der Waals surface area contributed by atoms with E-state index in [1.165, 1.54) is 0 Å². The molecular formula is C15H13N7O. The van der Waals surface area contributed by atoms with Gasteiger partial charge in [-0.3, -0.25) is 4.98 Å². The fourth-order valence-electron chi connectivity index (χ4n) is 1.97. The van der Waals surface area contributed by atoms with Crippen LogP contribution in [0.2, 0.25) is 0 Å². The lowest BCUT2D eigenvalue weighted by atomic mass is 10.1. The van der Waals surface area contributed by atoms with Crippen molar-refractivity contribution in [3.8, 4) is 17.5 Å². The molecule has 0 unspecified atom stereocenters. The molecule has 0 saturated heterocycles. The van der Waals surface area contributed by atoms with Gasteiger partial charge in [0.25, 0.3) is 0 Å². The van der Waals surface area contributed by atoms with Crippen LogP contribution in [0.3, 0.4) is 0 Å². The van der Waals surface area contributed by atoms with Gasteiger partial charge in [-0.25, -0.2) is 0 Å². The van der Waals surface area contributed by atoms with E-state index in [1.54, 1.807) is 24.5 Å². The van der Waals surface area contributed by atoms with Gasteiger partial charge in [0.05, 0.1) is 12.2 Å². The molecule has 8 heteroatoms. The summed E-state index contributed by atoms with van der Waals surface area (Å²) in [5, 5.41) is 24.2. The maximum absolute atomic E-state index is 9.26. The molecule has 114 valence electrons. The van der Waals surface area contributed by atoms with Crippen LogP contribution in [0.5, 0.6) is 0 Å². The largest absolute Gasteiger partial charge is 0.358 e. The number of nitrogens with zero attached hydrogens (tertiary/aromatic N) is 6. The highest BCUT2D eigenvalue weighted by Gasteiger charge is 2.13. The van der Waals surface area contributed by atoms with Crippen LogP contribution in [0.1, 0.15) is 22.7 Å². The average Bonchev–Trinajstić information content (AvgIpc) is 3.06. The van der Waals surface area contributed by atoms with Crippen molar-refractivity contribution in [2.24, 2.45) is 0 Å². The molecule has 0 saturated carbocycles. The Morgan fingerprint density at radius 1 is 1.22 bits per heavy atom. The van der Waals surface area contributed by atoms with Gasteiger partial charge < -0.3 is 9.84 Å². The van der Waals surface area contributed by atoms with Crippen LogP contribution in [0.15, 0.2) is 29.0 Å². The van der Waals surface area contributed by atoms with Crippen LogP contribution in [0.4, 0.5) is 5.82 Å². The van der Waals surface area contributed by atoms with Crippen molar-refractivity contribution in [3.63, 3.8) is 0 Å². The smallest absolute Gasteiger partial charge is 0.246 e. The minimum atomic E-state index is 0.254. The molecule has 3 aromatic rings. The number of hydrogen-bond acceptors (Lipinski definition) is 8. The molecule has 0 aliphatic rings. The van der Waals surface area contributed by atoms with Gasteiger partial charge >= 0.3 is 0 Å². The van der Waals surface area contributed by atoms with E-state index in [1.807, 2.05) is 13.8 Å². The van der Waals surface area contributed by atoms with E-state index < -0.39 is 0 Å². The highest BCUT2D eigenvalue weighted by atomic mass is 16.5. The Bertz CT molecular complexity index is 867. The lowest BCUT2D eigenvalue weighted by molar-refractivity contribution is 0.384. The Hall–Kier alpha value is -3.34. The molecular weight excluding hydrogens is 294 g/mol. The normalized spacial score (nSPS) is 10.3. The molecule has 0 amide bonds. The Morgan fingerprint density at radius 3 is 2.74 bits per heavy atom. The summed E-state index contributed by atoms with van der Waals surface area (Å²) in [4.78, 5) is 8.24. The van der Waals surface area contributed by atoms with Crippen LogP contribution < -0.4 is 5.32 Å². The first-order valence-electron chi connectivity index (χ1n) is 6.90. The molecule has 0 spiro atoms. The summed E-state index contributed by atoms with van der Waals surface area (Å²) >= 11 is 0. The maximum Gasteiger partial charge on any atom is 0.246 e. The van der Waals surface area contributed by atoms with E-state index in [0.717, 1.165) is 16.8 Å². The van der Waals surface area contributed by atoms with Crippen LogP contribution in [-0.4, -0.2) is 25.3 Å². The molecule has 0 aromatic carbocycles. The summed E-state index contributed by atoms with van der Waals surface area (Å²) in [6.07, 6.45) is 3.32. The van der Waals surface area contributed by atoms with Gasteiger partial charge in [0, 0.05) is 18.0 Å². The number of nitriles is 1. The number of rotatable bonds is 4. The van der Waals surface area contributed by atoms with Gasteiger partial charge in [0.1, 0.15) is 11.6 Å². The van der Waals surface area contributed by atoms with Crippen molar-refractivity contribution < 1.29 is 4.52 Å². The van der Waals surface area contributed by atoms with Crippen LogP contribution in [0.25, 0.3) is 11.4 Å². The summed E-state index contributed by atoms with van der Waals surface area (Å²) in [5.74, 6) is 1.27. The van der Waals surface area contributed by atoms with E-state index in [2.05, 4.69) is 36.7 Å². The predicted octanol–water partition coefficient (Wildman–Crippen LogP) is 2.02. The molecule has 3 heterocycles. The van der Waals surface area contributed by atoms with E-state index >= 15 is 0 Å². The highest BCUT2D eigenvalue weighted by Crippen LogP contribution is 2.18. The summed E-state index contributed by atoms with van der Waals surface area (Å²) in [5.41, 5.74) is 2.81. The fraction of sp³-hybridized carbons (Fsp3) is 0.200. The monoisotopic (exact) mass is 307 g/mol. The van der Waals surface area contributed by atoms with Crippen LogP contribution in [-0.2, 0) is 6.54 Å². The first-order valence-corrected chi connectivity index (χ1v) is 6.90. The van der Waals surface area contributed by atoms with Gasteiger partial charge in [-0.2, -0.15) is 15.3 Å². The fourth-order valence-corrected chi connectivity index (χ4v) is 1.97. The van der Waals surface area contributed by atoms with Crippen molar-refractivity contribution >= 4 is 5.82 Å². The van der Waals surface area contributed by atoms with Gasteiger partial charge in [0.15, 0.2) is 5.82 Å². The first-order chi connectivity index (χ1) is 11.2. The second-order valence-corrected chi connectivity index (χ2v) is 4.85. The van der Waals surface area contributed by atoms with Gasteiger partial charge in [-0.05, 0) is 31.5 Å². The Balaban J connectivity index is 1.77. The second kappa shape index (κ2) is 6.19. The summed E-state index contributed by atoms with van der Waals surface area (Å²) in [6, 6.07) is 5.73. The van der Waals surface area contributed by atoms with Crippen molar-refractivity contribution in [1.82, 2.24) is 25.3 Å². The Kier molecular flexibility index (Phi) is 3.93. The maximum atomic E-state index is 9.26. The Morgan fingerprint density at radius 2 is 2.00 bits per heavy atom. The molecule has 0 atom stereocenters. The van der Waals surface area contributed by atoms with E-state index in [-0.39, 0.29) is 6.54 Å². The van der Waals surface area contributed by atoms with Crippen LogP contribution >= 0.6 is 0 Å². The molecule has 0 aliphatic carbocycles. The summed E-state index contributed by atoms with van der Waals surface area (Å²) in [6.45, 7) is 3.90. The third-order valence-corrected chi connectivity index (χ3v) is 3.38. The second-order valence-electron chi connectivity index (χ2n) is 4.85. The summed E-state index contributed by atoms with van der Waals surface area (Å²) < 4.78 is 5.19. The lowest BCUT2D eigenvalue weighted by Crippen LogP contribution is -2.07. The van der Waals surface area contributed by atoms with E-state index in [4.69, 9.17) is 4.52 Å². The molecule has 0 aliphatic heterocycles. The zero-order chi connectivity index (χ0) is 16.2. The molecule has 8 nitrogen and oxygen atoms in total. The topological polar surface area (TPSA) is 113 Å². The molecule has 0 fully saturated rings. The first kappa shape index (κ1) is 14.6. The number of aryl methyl sites for hydroxylation is 1. The van der Waals surface area contributed by atoms with Gasteiger partial charge in [0.2, 0.25) is 11.7 Å². The average molecular weight is 307 g/mol. The molecule has 1 N–H and O–H groups in total. The zero-order valence-electron chi connectivity index (χ0n) is 12.6. The minimum absolute atomic E-state index is 0.254. The molecule has 23 heavy (non-hydrogen) atoms. The molecule has 3 aromatic heterocycles. The molecule has 0 bridgehead atoms. The van der Waals surface area contributed by atoms with Gasteiger partial charge in [-0.1, -0.05) is 5.16 Å². The number of hydrogen-bond donors (Lipinski definition) is 1. The zero-order valence-corrected chi connectivity index (χ0v) is 12.6.